The van der Waals surface area contributed by atoms with E-state index in [4.69, 9.17) is 16.1 Å². The molecule has 0 fully saturated rings. The van der Waals surface area contributed by atoms with Crippen LogP contribution in [0.4, 0.5) is 11.6 Å². The van der Waals surface area contributed by atoms with Crippen molar-refractivity contribution in [2.75, 3.05) is 16.6 Å². The first-order valence-corrected chi connectivity index (χ1v) is 12.4. The number of carbonyl (C=O) groups is 1. The fourth-order valence-electron chi connectivity index (χ4n) is 3.40. The van der Waals surface area contributed by atoms with Crippen molar-refractivity contribution in [1.29, 1.82) is 0 Å². The van der Waals surface area contributed by atoms with Crippen molar-refractivity contribution >= 4 is 50.4 Å². The van der Waals surface area contributed by atoms with E-state index >= 15 is 0 Å². The molecule has 3 rings (SSSR count). The maximum Gasteiger partial charge on any atom is 0.267 e. The highest BCUT2D eigenvalue weighted by Gasteiger charge is 2.31. The van der Waals surface area contributed by atoms with Crippen molar-refractivity contribution in [3.05, 3.63) is 54.9 Å². The summed E-state index contributed by atoms with van der Waals surface area (Å²) in [6, 6.07) is 3.80. The van der Waals surface area contributed by atoms with Crippen LogP contribution in [0.2, 0.25) is 5.02 Å². The van der Waals surface area contributed by atoms with Gasteiger partial charge in [-0.25, -0.2) is 13.1 Å². The molecule has 0 aliphatic heterocycles. The zero-order valence-electron chi connectivity index (χ0n) is 18.3. The Morgan fingerprint density at radius 1 is 1.22 bits per heavy atom. The predicted octanol–water partition coefficient (Wildman–Crippen LogP) is 4.52. The molecule has 0 aliphatic carbocycles. The van der Waals surface area contributed by atoms with Gasteiger partial charge in [-0.15, -0.1) is 11.3 Å². The average molecular weight is 498 g/mol. The quantitative estimate of drug-likeness (QED) is 0.441. The van der Waals surface area contributed by atoms with Crippen molar-refractivity contribution in [3.63, 3.8) is 0 Å². The number of amides is 1. The Bertz CT molecular complexity index is 1300. The van der Waals surface area contributed by atoms with Gasteiger partial charge in [-0.3, -0.25) is 4.79 Å². The predicted molar refractivity (Wildman–Crippen MR) is 126 cm³/mol. The van der Waals surface area contributed by atoms with E-state index in [1.807, 2.05) is 26.0 Å². The summed E-state index contributed by atoms with van der Waals surface area (Å²) in [4.78, 5) is 13.8. The third kappa shape index (κ3) is 4.68. The molecule has 172 valence electrons. The number of nitrogens with zero attached hydrogens (tertiary/aromatic N) is 1. The average Bonchev–Trinajstić information content (AvgIpc) is 3.18. The minimum atomic E-state index is -4.20. The first-order valence-electron chi connectivity index (χ1n) is 9.73. The fourth-order valence-corrected chi connectivity index (χ4v) is 6.42. The molecule has 11 heteroatoms. The van der Waals surface area contributed by atoms with Crippen LogP contribution < -0.4 is 10.0 Å². The molecule has 1 aromatic carbocycles. The minimum absolute atomic E-state index is 0.0368. The highest BCUT2D eigenvalue weighted by Crippen LogP contribution is 2.35. The summed E-state index contributed by atoms with van der Waals surface area (Å²) in [5, 5.41) is 16.0. The molecule has 0 spiro atoms. The standard InChI is InChI=1S/C21H24ClN3O5S2/c1-10-8-11(2)17(15(9-10)6-7-26)23-20(27)18-19(12(3)14(5)31-18)32(28,29)25-21-16(22)13(4)24-30-21/h8-9,25-26H,6-7H2,1-5H3,(H,23,27). The molecule has 0 saturated carbocycles. The van der Waals surface area contributed by atoms with Crippen LogP contribution in [0, 0.1) is 34.6 Å². The highest BCUT2D eigenvalue weighted by atomic mass is 35.5. The van der Waals surface area contributed by atoms with Crippen molar-refractivity contribution in [1.82, 2.24) is 5.16 Å². The lowest BCUT2D eigenvalue weighted by molar-refractivity contribution is 0.102. The summed E-state index contributed by atoms with van der Waals surface area (Å²) in [6.45, 7) is 8.66. The zero-order valence-corrected chi connectivity index (χ0v) is 20.7. The number of carbonyl (C=O) groups excluding carboxylic acids is 1. The Hall–Kier alpha value is -2.40. The van der Waals surface area contributed by atoms with Gasteiger partial charge in [0.05, 0.1) is 0 Å². The summed E-state index contributed by atoms with van der Waals surface area (Å²) in [6.07, 6.45) is 0.358. The molecule has 0 bridgehead atoms. The molecule has 0 atom stereocenters. The van der Waals surface area contributed by atoms with Crippen LogP contribution in [0.5, 0.6) is 0 Å². The van der Waals surface area contributed by atoms with Crippen molar-refractivity contribution in [3.8, 4) is 0 Å². The van der Waals surface area contributed by atoms with Gasteiger partial charge in [-0.2, -0.15) is 0 Å². The number of hydrogen-bond acceptors (Lipinski definition) is 7. The highest BCUT2D eigenvalue weighted by molar-refractivity contribution is 7.93. The molecule has 0 radical (unpaired) electrons. The van der Waals surface area contributed by atoms with Crippen molar-refractivity contribution < 1.29 is 22.8 Å². The van der Waals surface area contributed by atoms with Crippen molar-refractivity contribution in [2.24, 2.45) is 0 Å². The largest absolute Gasteiger partial charge is 0.396 e. The van der Waals surface area contributed by atoms with E-state index in [0.717, 1.165) is 28.0 Å². The van der Waals surface area contributed by atoms with Crippen molar-refractivity contribution in [2.45, 2.75) is 45.9 Å². The number of benzene rings is 1. The first-order chi connectivity index (χ1) is 15.0. The van der Waals surface area contributed by atoms with E-state index in [9.17, 15) is 18.3 Å². The van der Waals surface area contributed by atoms with E-state index in [-0.39, 0.29) is 27.3 Å². The van der Waals surface area contributed by atoms with E-state index in [1.54, 1.807) is 20.8 Å². The molecule has 32 heavy (non-hydrogen) atoms. The Labute approximate surface area is 195 Å². The van der Waals surface area contributed by atoms with Gasteiger partial charge in [-0.1, -0.05) is 34.5 Å². The number of sulfonamides is 1. The lowest BCUT2D eigenvalue weighted by Gasteiger charge is -2.15. The van der Waals surface area contributed by atoms with Crippen LogP contribution in [0.25, 0.3) is 0 Å². The maximum atomic E-state index is 13.2. The van der Waals surface area contributed by atoms with E-state index < -0.39 is 15.9 Å². The molecule has 0 saturated heterocycles. The van der Waals surface area contributed by atoms with Gasteiger partial charge < -0.3 is 14.9 Å². The second kappa shape index (κ2) is 9.22. The van der Waals surface area contributed by atoms with Crippen LogP contribution >= 0.6 is 22.9 Å². The summed E-state index contributed by atoms with van der Waals surface area (Å²) in [5.41, 5.74) is 3.94. The molecule has 2 aromatic heterocycles. The van der Waals surface area contributed by atoms with Crippen LogP contribution in [0.15, 0.2) is 21.6 Å². The maximum absolute atomic E-state index is 13.2. The Morgan fingerprint density at radius 2 is 1.91 bits per heavy atom. The zero-order chi connectivity index (χ0) is 23.8. The Balaban J connectivity index is 2.03. The molecule has 3 N–H and O–H groups in total. The number of halogens is 1. The molecule has 0 aliphatic rings. The van der Waals surface area contributed by atoms with E-state index in [2.05, 4.69) is 15.2 Å². The third-order valence-corrected chi connectivity index (χ3v) is 8.29. The van der Waals surface area contributed by atoms with Crippen LogP contribution in [-0.2, 0) is 16.4 Å². The topological polar surface area (TPSA) is 122 Å². The van der Waals surface area contributed by atoms with Gasteiger partial charge in [0.15, 0.2) is 0 Å². The Kier molecular flexibility index (Phi) is 6.99. The number of aryl methyl sites for hydroxylation is 4. The number of nitrogens with one attached hydrogen (secondary N) is 2. The van der Waals surface area contributed by atoms with Gasteiger partial charge in [0.25, 0.3) is 21.8 Å². The van der Waals surface area contributed by atoms with Gasteiger partial charge >= 0.3 is 0 Å². The van der Waals surface area contributed by atoms with Gasteiger partial charge in [0.1, 0.15) is 20.5 Å². The number of rotatable bonds is 7. The normalized spacial score (nSPS) is 11.6. The van der Waals surface area contributed by atoms with Gasteiger partial charge in [0, 0.05) is 17.2 Å². The van der Waals surface area contributed by atoms with Crippen LogP contribution in [-0.4, -0.2) is 31.2 Å². The second-order valence-corrected chi connectivity index (χ2v) is 10.7. The summed E-state index contributed by atoms with van der Waals surface area (Å²) in [5.74, 6) is -0.768. The second-order valence-electron chi connectivity index (χ2n) is 7.50. The number of aliphatic hydroxyl groups excluding tert-OH is 1. The van der Waals surface area contributed by atoms with Crippen LogP contribution in [0.1, 0.15) is 42.5 Å². The smallest absolute Gasteiger partial charge is 0.267 e. The molecule has 0 unspecified atom stereocenters. The molecule has 1 amide bonds. The number of anilines is 2. The number of thiophene rings is 1. The number of hydrogen-bond donors (Lipinski definition) is 3. The SMILES string of the molecule is Cc1cc(C)c(NC(=O)c2sc(C)c(C)c2S(=O)(=O)Nc2onc(C)c2Cl)c(CCO)c1. The molecule has 8 nitrogen and oxygen atoms in total. The van der Waals surface area contributed by atoms with E-state index in [1.165, 1.54) is 0 Å². The molecular weight excluding hydrogens is 474 g/mol. The number of aliphatic hydroxyl groups is 1. The first kappa shape index (κ1) is 24.2. The van der Waals surface area contributed by atoms with E-state index in [0.29, 0.717) is 28.2 Å². The third-order valence-electron chi connectivity index (χ3n) is 5.00. The summed E-state index contributed by atoms with van der Waals surface area (Å²) < 4.78 is 33.6. The fraction of sp³-hybridized carbons (Fsp3) is 0.333. The monoisotopic (exact) mass is 497 g/mol. The molecule has 2 heterocycles. The Morgan fingerprint density at radius 3 is 2.50 bits per heavy atom. The van der Waals surface area contributed by atoms with Crippen LogP contribution in [0.3, 0.4) is 0 Å². The summed E-state index contributed by atoms with van der Waals surface area (Å²) in [7, 11) is -4.20. The molecule has 3 aromatic rings. The van der Waals surface area contributed by atoms with Gasteiger partial charge in [0.2, 0.25) is 0 Å². The lowest BCUT2D eigenvalue weighted by atomic mass is 10.0. The molecular formula is C21H24ClN3O5S2. The summed E-state index contributed by atoms with van der Waals surface area (Å²) >= 11 is 7.14. The minimum Gasteiger partial charge on any atom is -0.396 e. The lowest BCUT2D eigenvalue weighted by Crippen LogP contribution is -2.20. The number of aromatic nitrogens is 1. The van der Waals surface area contributed by atoms with Gasteiger partial charge in [-0.05, 0) is 57.7 Å².